The van der Waals surface area contributed by atoms with Crippen LogP contribution in [0.2, 0.25) is 0 Å². The molecule has 0 aromatic heterocycles. The monoisotopic (exact) mass is 344 g/mol. The molecular weight excluding hydrogens is 316 g/mol. The molecule has 2 aromatic carbocycles. The summed E-state index contributed by atoms with van der Waals surface area (Å²) in [5.74, 6) is 1.54. The SMILES string of the molecule is CCOc1cc(CNCCNCCO)ccc1OCc1ccccc1. The van der Waals surface area contributed by atoms with Crippen LogP contribution in [0.4, 0.5) is 0 Å². The van der Waals surface area contributed by atoms with Gasteiger partial charge in [-0.2, -0.15) is 0 Å². The number of hydrogen-bond acceptors (Lipinski definition) is 5. The predicted molar refractivity (Wildman–Crippen MR) is 100 cm³/mol. The van der Waals surface area contributed by atoms with Gasteiger partial charge in [0, 0.05) is 26.2 Å². The van der Waals surface area contributed by atoms with Crippen LogP contribution < -0.4 is 20.1 Å². The molecule has 0 unspecified atom stereocenters. The van der Waals surface area contributed by atoms with Crippen LogP contribution in [0.15, 0.2) is 48.5 Å². The lowest BCUT2D eigenvalue weighted by atomic mass is 10.2. The molecule has 0 heterocycles. The molecule has 0 aliphatic heterocycles. The van der Waals surface area contributed by atoms with Gasteiger partial charge in [-0.3, -0.25) is 0 Å². The number of benzene rings is 2. The lowest BCUT2D eigenvalue weighted by Crippen LogP contribution is -2.28. The van der Waals surface area contributed by atoms with Gasteiger partial charge in [-0.05, 0) is 30.2 Å². The second-order valence-electron chi connectivity index (χ2n) is 5.64. The quantitative estimate of drug-likeness (QED) is 0.516. The number of aliphatic hydroxyl groups excluding tert-OH is 1. The van der Waals surface area contributed by atoms with Gasteiger partial charge < -0.3 is 25.2 Å². The van der Waals surface area contributed by atoms with Crippen molar-refractivity contribution in [2.24, 2.45) is 0 Å². The minimum absolute atomic E-state index is 0.169. The van der Waals surface area contributed by atoms with Gasteiger partial charge in [-0.1, -0.05) is 36.4 Å². The highest BCUT2D eigenvalue weighted by Gasteiger charge is 2.07. The summed E-state index contributed by atoms with van der Waals surface area (Å²) < 4.78 is 11.7. The zero-order chi connectivity index (χ0) is 17.7. The first-order valence-electron chi connectivity index (χ1n) is 8.78. The van der Waals surface area contributed by atoms with E-state index in [9.17, 15) is 0 Å². The molecule has 0 aliphatic rings. The zero-order valence-corrected chi connectivity index (χ0v) is 14.8. The van der Waals surface area contributed by atoms with Crippen molar-refractivity contribution in [3.05, 3.63) is 59.7 Å². The topological polar surface area (TPSA) is 62.8 Å². The Labute approximate surface area is 150 Å². The summed E-state index contributed by atoms with van der Waals surface area (Å²) >= 11 is 0. The van der Waals surface area contributed by atoms with Gasteiger partial charge in [0.2, 0.25) is 0 Å². The molecule has 5 nitrogen and oxygen atoms in total. The van der Waals surface area contributed by atoms with E-state index in [0.717, 1.165) is 42.3 Å². The van der Waals surface area contributed by atoms with Crippen molar-refractivity contribution in [1.29, 1.82) is 0 Å². The Hall–Kier alpha value is -2.08. The molecule has 0 radical (unpaired) electrons. The molecule has 0 aliphatic carbocycles. The minimum Gasteiger partial charge on any atom is -0.490 e. The van der Waals surface area contributed by atoms with Gasteiger partial charge in [-0.15, -0.1) is 0 Å². The third kappa shape index (κ3) is 7.13. The third-order valence-electron chi connectivity index (χ3n) is 3.64. The van der Waals surface area contributed by atoms with Crippen LogP contribution in [-0.2, 0) is 13.2 Å². The van der Waals surface area contributed by atoms with Crippen LogP contribution in [0.5, 0.6) is 11.5 Å². The van der Waals surface area contributed by atoms with Crippen LogP contribution in [0, 0.1) is 0 Å². The highest BCUT2D eigenvalue weighted by Crippen LogP contribution is 2.29. The highest BCUT2D eigenvalue weighted by molar-refractivity contribution is 5.43. The number of rotatable bonds is 12. The molecular formula is C20H28N2O3. The second kappa shape index (κ2) is 11.5. The standard InChI is InChI=1S/C20H28N2O3/c1-2-24-20-14-18(15-22-11-10-21-12-13-23)8-9-19(20)25-16-17-6-4-3-5-7-17/h3-9,14,21-23H,2,10-13,15-16H2,1H3. The maximum Gasteiger partial charge on any atom is 0.161 e. The molecule has 0 saturated heterocycles. The zero-order valence-electron chi connectivity index (χ0n) is 14.8. The molecule has 5 heteroatoms. The first kappa shape index (κ1) is 19.2. The van der Waals surface area contributed by atoms with Crippen molar-refractivity contribution < 1.29 is 14.6 Å². The van der Waals surface area contributed by atoms with E-state index in [1.165, 1.54) is 0 Å². The van der Waals surface area contributed by atoms with Gasteiger partial charge in [0.25, 0.3) is 0 Å². The Morgan fingerprint density at radius 1 is 0.840 bits per heavy atom. The summed E-state index contributed by atoms with van der Waals surface area (Å²) in [6, 6.07) is 16.1. The summed E-state index contributed by atoms with van der Waals surface area (Å²) in [7, 11) is 0. The van der Waals surface area contributed by atoms with Gasteiger partial charge in [0.15, 0.2) is 11.5 Å². The molecule has 136 valence electrons. The molecule has 0 atom stereocenters. The van der Waals surface area contributed by atoms with E-state index < -0.39 is 0 Å². The third-order valence-corrected chi connectivity index (χ3v) is 3.64. The van der Waals surface area contributed by atoms with E-state index in [4.69, 9.17) is 14.6 Å². The number of aliphatic hydroxyl groups is 1. The molecule has 0 saturated carbocycles. The Balaban J connectivity index is 1.87. The molecule has 3 N–H and O–H groups in total. The average Bonchev–Trinajstić information content (AvgIpc) is 2.65. The Morgan fingerprint density at radius 2 is 1.64 bits per heavy atom. The lowest BCUT2D eigenvalue weighted by Gasteiger charge is -2.14. The fraction of sp³-hybridized carbons (Fsp3) is 0.400. The summed E-state index contributed by atoms with van der Waals surface area (Å²) in [6.07, 6.45) is 0. The van der Waals surface area contributed by atoms with Crippen molar-refractivity contribution in [2.75, 3.05) is 32.8 Å². The Kier molecular flexibility index (Phi) is 8.83. The van der Waals surface area contributed by atoms with Crippen molar-refractivity contribution in [3.63, 3.8) is 0 Å². The molecule has 0 bridgehead atoms. The maximum atomic E-state index is 8.72. The van der Waals surface area contributed by atoms with E-state index in [1.807, 2.05) is 49.4 Å². The van der Waals surface area contributed by atoms with E-state index in [2.05, 4.69) is 16.7 Å². The molecule has 0 fully saturated rings. The van der Waals surface area contributed by atoms with Gasteiger partial charge in [0.05, 0.1) is 13.2 Å². The Bertz CT molecular complexity index is 605. The van der Waals surface area contributed by atoms with Gasteiger partial charge >= 0.3 is 0 Å². The minimum atomic E-state index is 0.169. The first-order chi connectivity index (χ1) is 12.3. The summed E-state index contributed by atoms with van der Waals surface area (Å²) in [5, 5.41) is 15.2. The van der Waals surface area contributed by atoms with E-state index >= 15 is 0 Å². The first-order valence-corrected chi connectivity index (χ1v) is 8.78. The van der Waals surface area contributed by atoms with Crippen LogP contribution in [0.25, 0.3) is 0 Å². The van der Waals surface area contributed by atoms with Crippen molar-refractivity contribution in [2.45, 2.75) is 20.1 Å². The van der Waals surface area contributed by atoms with Crippen molar-refractivity contribution in [3.8, 4) is 11.5 Å². The number of hydrogen-bond donors (Lipinski definition) is 3. The summed E-state index contributed by atoms with van der Waals surface area (Å²) in [5.41, 5.74) is 2.28. The molecule has 0 spiro atoms. The van der Waals surface area contributed by atoms with Crippen molar-refractivity contribution in [1.82, 2.24) is 10.6 Å². The van der Waals surface area contributed by atoms with Crippen LogP contribution in [-0.4, -0.2) is 38.0 Å². The smallest absolute Gasteiger partial charge is 0.161 e. The van der Waals surface area contributed by atoms with Gasteiger partial charge in [0.1, 0.15) is 6.61 Å². The summed E-state index contributed by atoms with van der Waals surface area (Å²) in [6.45, 7) is 6.33. The van der Waals surface area contributed by atoms with Crippen LogP contribution in [0.3, 0.4) is 0 Å². The molecule has 2 aromatic rings. The number of ether oxygens (including phenoxy) is 2. The molecule has 0 amide bonds. The van der Waals surface area contributed by atoms with E-state index in [1.54, 1.807) is 0 Å². The molecule has 25 heavy (non-hydrogen) atoms. The van der Waals surface area contributed by atoms with Crippen LogP contribution >= 0.6 is 0 Å². The summed E-state index contributed by atoms with van der Waals surface area (Å²) in [4.78, 5) is 0. The fourth-order valence-electron chi connectivity index (χ4n) is 2.40. The highest BCUT2D eigenvalue weighted by atomic mass is 16.5. The predicted octanol–water partition coefficient (Wildman–Crippen LogP) is 2.34. The van der Waals surface area contributed by atoms with E-state index in [-0.39, 0.29) is 6.61 Å². The second-order valence-corrected chi connectivity index (χ2v) is 5.64. The van der Waals surface area contributed by atoms with Crippen LogP contribution in [0.1, 0.15) is 18.1 Å². The Morgan fingerprint density at radius 3 is 2.40 bits per heavy atom. The fourth-order valence-corrected chi connectivity index (χ4v) is 2.40. The maximum absolute atomic E-state index is 8.72. The lowest BCUT2D eigenvalue weighted by molar-refractivity contribution is 0.269. The largest absolute Gasteiger partial charge is 0.490 e. The average molecular weight is 344 g/mol. The van der Waals surface area contributed by atoms with Crippen molar-refractivity contribution >= 4 is 0 Å². The van der Waals surface area contributed by atoms with E-state index in [0.29, 0.717) is 19.8 Å². The molecule has 2 rings (SSSR count). The normalized spacial score (nSPS) is 10.6. The number of nitrogens with one attached hydrogen (secondary N) is 2. The van der Waals surface area contributed by atoms with Gasteiger partial charge in [-0.25, -0.2) is 0 Å².